The maximum Gasteiger partial charge on any atom is 0.294 e. The highest BCUT2D eigenvalue weighted by Crippen LogP contribution is 2.34. The van der Waals surface area contributed by atoms with Gasteiger partial charge in [0.25, 0.3) is 5.69 Å². The number of nitro benzene ring substituents is 1. The fourth-order valence-corrected chi connectivity index (χ4v) is 3.92. The van der Waals surface area contributed by atoms with E-state index in [0.29, 0.717) is 48.3 Å². The molecule has 0 saturated carbocycles. The van der Waals surface area contributed by atoms with Crippen molar-refractivity contribution >= 4 is 45.9 Å². The minimum Gasteiger partial charge on any atom is -0.380 e. The summed E-state index contributed by atoms with van der Waals surface area (Å²) in [6.45, 7) is 1.63. The van der Waals surface area contributed by atoms with Gasteiger partial charge in [-0.15, -0.1) is 11.3 Å². The van der Waals surface area contributed by atoms with E-state index in [1.807, 2.05) is 11.0 Å². The number of primary amides is 1. The van der Waals surface area contributed by atoms with Crippen molar-refractivity contribution in [3.05, 3.63) is 43.9 Å². The Morgan fingerprint density at radius 1 is 1.46 bits per heavy atom. The largest absolute Gasteiger partial charge is 0.380 e. The highest BCUT2D eigenvalue weighted by Gasteiger charge is 2.27. The fraction of sp³-hybridized carbons (Fsp3) is 0.375. The number of amides is 1. The molecule has 8 nitrogen and oxygen atoms in total. The molecule has 1 aromatic carbocycles. The summed E-state index contributed by atoms with van der Waals surface area (Å²) in [5.74, 6) is -0.459. The Kier molecular flexibility index (Phi) is 5.58. The number of carbonyl (C=O) groups excluding carboxylic acids is 1. The van der Waals surface area contributed by atoms with Crippen molar-refractivity contribution in [1.29, 1.82) is 0 Å². The zero-order chi connectivity index (χ0) is 18.7. The number of nitrogens with zero attached hydrogens (tertiary/aromatic N) is 3. The summed E-state index contributed by atoms with van der Waals surface area (Å²) >= 11 is 7.16. The van der Waals surface area contributed by atoms with Gasteiger partial charge in [0, 0.05) is 41.8 Å². The van der Waals surface area contributed by atoms with E-state index < -0.39 is 0 Å². The van der Waals surface area contributed by atoms with Gasteiger partial charge in [0.15, 0.2) is 4.47 Å². The molecule has 0 bridgehead atoms. The van der Waals surface area contributed by atoms with Crippen LogP contribution in [0, 0.1) is 16.0 Å². The highest BCUT2D eigenvalue weighted by atomic mass is 35.5. The van der Waals surface area contributed by atoms with Crippen molar-refractivity contribution in [3.63, 3.8) is 0 Å². The van der Waals surface area contributed by atoms with E-state index in [1.54, 1.807) is 12.3 Å². The Morgan fingerprint density at radius 2 is 2.19 bits per heavy atom. The quantitative estimate of drug-likeness (QED) is 0.574. The summed E-state index contributed by atoms with van der Waals surface area (Å²) in [5, 5.41) is 14.7. The summed E-state index contributed by atoms with van der Waals surface area (Å²) in [4.78, 5) is 29.3. The summed E-state index contributed by atoms with van der Waals surface area (Å²) in [5.41, 5.74) is 6.59. The zero-order valence-corrected chi connectivity index (χ0v) is 15.4. The van der Waals surface area contributed by atoms with Crippen LogP contribution in [0.1, 0.15) is 17.7 Å². The normalized spacial score (nSPS) is 15.0. The molecule has 138 valence electrons. The number of nitrogens with two attached hydrogens (primary N) is 1. The smallest absolute Gasteiger partial charge is 0.294 e. The molecule has 0 atom stereocenters. The lowest BCUT2D eigenvalue weighted by Gasteiger charge is -2.32. The number of hydrogen-bond acceptors (Lipinski definition) is 7. The first kappa shape index (κ1) is 18.4. The molecule has 1 saturated heterocycles. The number of benzene rings is 1. The Labute approximate surface area is 159 Å². The lowest BCUT2D eigenvalue weighted by atomic mass is 9.96. The van der Waals surface area contributed by atoms with Gasteiger partial charge in [-0.1, -0.05) is 11.6 Å². The molecule has 0 aliphatic carbocycles. The van der Waals surface area contributed by atoms with E-state index in [4.69, 9.17) is 17.3 Å². The number of piperidine rings is 1. The third-order valence-corrected chi connectivity index (χ3v) is 5.52. The standard InChI is InChI=1S/C16H18ClN5O3S/c17-16-20-9-12(26-16)8-19-11-1-2-13(14(7-11)22(24)25)21-5-3-10(4-6-21)15(18)23/h1-2,7,9-10,19H,3-6,8H2,(H2,18,23). The molecule has 1 fully saturated rings. The van der Waals surface area contributed by atoms with Gasteiger partial charge < -0.3 is 16.0 Å². The van der Waals surface area contributed by atoms with Gasteiger partial charge >= 0.3 is 0 Å². The van der Waals surface area contributed by atoms with Gasteiger partial charge in [-0.3, -0.25) is 14.9 Å². The average Bonchev–Trinajstić information content (AvgIpc) is 3.05. The molecule has 3 N–H and O–H groups in total. The first-order valence-corrected chi connectivity index (χ1v) is 9.30. The summed E-state index contributed by atoms with van der Waals surface area (Å²) in [6, 6.07) is 5.08. The molecule has 2 heterocycles. The molecule has 0 spiro atoms. The van der Waals surface area contributed by atoms with E-state index in [1.165, 1.54) is 17.4 Å². The lowest BCUT2D eigenvalue weighted by Crippen LogP contribution is -2.38. The van der Waals surface area contributed by atoms with E-state index in [2.05, 4.69) is 10.3 Å². The molecule has 2 aromatic rings. The second-order valence-electron chi connectivity index (χ2n) is 6.06. The van der Waals surface area contributed by atoms with Gasteiger partial charge in [0.1, 0.15) is 5.69 Å². The Balaban J connectivity index is 1.72. The zero-order valence-electron chi connectivity index (χ0n) is 13.9. The second-order valence-corrected chi connectivity index (χ2v) is 7.75. The predicted octanol–water partition coefficient (Wildman–Crippen LogP) is 3.02. The summed E-state index contributed by atoms with van der Waals surface area (Å²) in [6.07, 6.45) is 2.89. The van der Waals surface area contributed by atoms with Crippen LogP contribution < -0.4 is 16.0 Å². The van der Waals surface area contributed by atoms with E-state index in [9.17, 15) is 14.9 Å². The second kappa shape index (κ2) is 7.88. The van der Waals surface area contributed by atoms with Crippen molar-refractivity contribution in [2.75, 3.05) is 23.3 Å². The molecule has 26 heavy (non-hydrogen) atoms. The first-order valence-electron chi connectivity index (χ1n) is 8.11. The minimum atomic E-state index is -0.385. The maximum atomic E-state index is 11.5. The number of rotatable bonds is 6. The Hall–Kier alpha value is -2.39. The molecule has 10 heteroatoms. The highest BCUT2D eigenvalue weighted by molar-refractivity contribution is 7.15. The van der Waals surface area contributed by atoms with E-state index >= 15 is 0 Å². The van der Waals surface area contributed by atoms with Crippen LogP contribution in [0.4, 0.5) is 17.1 Å². The number of anilines is 2. The number of carbonyl (C=O) groups is 1. The molecule has 1 aliphatic heterocycles. The van der Waals surface area contributed by atoms with Crippen LogP contribution in [0.5, 0.6) is 0 Å². The van der Waals surface area contributed by atoms with Crippen molar-refractivity contribution in [2.24, 2.45) is 11.7 Å². The van der Waals surface area contributed by atoms with Gasteiger partial charge in [-0.2, -0.15) is 0 Å². The van der Waals surface area contributed by atoms with Crippen LogP contribution in [0.15, 0.2) is 24.4 Å². The van der Waals surface area contributed by atoms with Gasteiger partial charge in [-0.25, -0.2) is 4.98 Å². The van der Waals surface area contributed by atoms with Crippen molar-refractivity contribution in [2.45, 2.75) is 19.4 Å². The van der Waals surface area contributed by atoms with Gasteiger partial charge in [-0.05, 0) is 25.0 Å². The number of aromatic nitrogens is 1. The summed E-state index contributed by atoms with van der Waals surface area (Å²) < 4.78 is 0.461. The Morgan fingerprint density at radius 3 is 2.77 bits per heavy atom. The summed E-state index contributed by atoms with van der Waals surface area (Å²) in [7, 11) is 0. The van der Waals surface area contributed by atoms with Crippen LogP contribution in [0.25, 0.3) is 0 Å². The topological polar surface area (TPSA) is 114 Å². The number of nitro groups is 1. The van der Waals surface area contributed by atoms with Gasteiger partial charge in [0.2, 0.25) is 5.91 Å². The molecule has 1 aliphatic rings. The number of halogens is 1. The SMILES string of the molecule is NC(=O)C1CCN(c2ccc(NCc3cnc(Cl)s3)cc2[N+](=O)[O-])CC1. The van der Waals surface area contributed by atoms with E-state index in [-0.39, 0.29) is 22.4 Å². The van der Waals surface area contributed by atoms with Crippen molar-refractivity contribution in [1.82, 2.24) is 4.98 Å². The van der Waals surface area contributed by atoms with Crippen LogP contribution >= 0.6 is 22.9 Å². The minimum absolute atomic E-state index is 0.0369. The number of thiazole rings is 1. The molecular weight excluding hydrogens is 378 g/mol. The molecule has 3 rings (SSSR count). The van der Waals surface area contributed by atoms with E-state index in [0.717, 1.165) is 4.88 Å². The maximum absolute atomic E-state index is 11.5. The first-order chi connectivity index (χ1) is 12.4. The van der Waals surface area contributed by atoms with Crippen molar-refractivity contribution < 1.29 is 9.72 Å². The predicted molar refractivity (Wildman–Crippen MR) is 102 cm³/mol. The van der Waals surface area contributed by atoms with Crippen LogP contribution in [0.2, 0.25) is 4.47 Å². The molecule has 1 aromatic heterocycles. The molecule has 0 unspecified atom stereocenters. The van der Waals surface area contributed by atoms with Crippen LogP contribution in [-0.4, -0.2) is 28.9 Å². The van der Waals surface area contributed by atoms with Crippen molar-refractivity contribution in [3.8, 4) is 0 Å². The van der Waals surface area contributed by atoms with Crippen LogP contribution in [0.3, 0.4) is 0 Å². The number of nitrogens with one attached hydrogen (secondary N) is 1. The number of hydrogen-bond donors (Lipinski definition) is 2. The Bertz CT molecular complexity index is 820. The third-order valence-electron chi connectivity index (χ3n) is 4.40. The third kappa shape index (κ3) is 4.23. The fourth-order valence-electron chi connectivity index (χ4n) is 3.01. The van der Waals surface area contributed by atoms with Gasteiger partial charge in [0.05, 0.1) is 11.5 Å². The average molecular weight is 396 g/mol. The van der Waals surface area contributed by atoms with Crippen LogP contribution in [-0.2, 0) is 11.3 Å². The monoisotopic (exact) mass is 395 g/mol. The molecule has 0 radical (unpaired) electrons. The lowest BCUT2D eigenvalue weighted by molar-refractivity contribution is -0.384. The molecular formula is C16H18ClN5O3S. The molecule has 1 amide bonds.